The molecule has 27 heavy (non-hydrogen) atoms. The number of amides is 2. The number of fused-ring (bicyclic) bond motifs is 3. The van der Waals surface area contributed by atoms with Crippen LogP contribution in [0.15, 0.2) is 48.7 Å². The molecule has 2 aliphatic rings. The number of likely N-dealkylation sites (tertiary alicyclic amines) is 1. The number of carbonyl (C=O) groups is 1. The van der Waals surface area contributed by atoms with E-state index in [9.17, 15) is 9.90 Å². The first-order valence-electron chi connectivity index (χ1n) is 9.53. The van der Waals surface area contributed by atoms with Crippen LogP contribution in [-0.4, -0.2) is 52.3 Å². The topological polar surface area (TPSA) is 68.7 Å². The van der Waals surface area contributed by atoms with Crippen molar-refractivity contribution in [1.82, 2.24) is 15.2 Å². The molecule has 1 fully saturated rings. The molecule has 4 rings (SSSR count). The average molecular weight is 366 g/mol. The average Bonchev–Trinajstić information content (AvgIpc) is 2.66. The highest BCUT2D eigenvalue weighted by Crippen LogP contribution is 2.48. The number of benzene rings is 1. The maximum absolute atomic E-state index is 12.8. The summed E-state index contributed by atoms with van der Waals surface area (Å²) in [6.07, 6.45) is 1.79. The van der Waals surface area contributed by atoms with Crippen molar-refractivity contribution in [3.05, 3.63) is 59.9 Å². The Balaban J connectivity index is 1.64. The van der Waals surface area contributed by atoms with Gasteiger partial charge in [-0.2, -0.15) is 0 Å². The zero-order valence-corrected chi connectivity index (χ0v) is 15.7. The molecule has 0 radical (unpaired) electrons. The number of hydrogen-bond donors (Lipinski definition) is 2. The third kappa shape index (κ3) is 3.19. The Kier molecular flexibility index (Phi) is 4.85. The van der Waals surface area contributed by atoms with E-state index in [-0.39, 0.29) is 36.7 Å². The number of aromatic nitrogens is 1. The van der Waals surface area contributed by atoms with Gasteiger partial charge in [-0.15, -0.1) is 0 Å². The summed E-state index contributed by atoms with van der Waals surface area (Å²) < 4.78 is 0. The monoisotopic (exact) mass is 366 g/mol. The van der Waals surface area contributed by atoms with Crippen LogP contribution in [0.4, 0.5) is 10.5 Å². The predicted molar refractivity (Wildman–Crippen MR) is 105 cm³/mol. The fraction of sp³-hybridized carbons (Fsp3) is 0.429. The number of carbonyl (C=O) groups excluding carboxylic acids is 1. The number of pyridine rings is 1. The third-order valence-corrected chi connectivity index (χ3v) is 5.55. The van der Waals surface area contributed by atoms with Gasteiger partial charge in [-0.1, -0.05) is 24.3 Å². The van der Waals surface area contributed by atoms with E-state index >= 15 is 0 Å². The lowest BCUT2D eigenvalue weighted by Crippen LogP contribution is -2.69. The van der Waals surface area contributed by atoms with Gasteiger partial charge in [0.05, 0.1) is 12.3 Å². The molecule has 0 unspecified atom stereocenters. The summed E-state index contributed by atoms with van der Waals surface area (Å²) in [4.78, 5) is 21.3. The van der Waals surface area contributed by atoms with E-state index in [0.29, 0.717) is 13.1 Å². The molecule has 2 N–H and O–H groups in total. The predicted octanol–water partition coefficient (Wildman–Crippen LogP) is 2.35. The second kappa shape index (κ2) is 7.29. The van der Waals surface area contributed by atoms with Gasteiger partial charge in [0, 0.05) is 49.0 Å². The summed E-state index contributed by atoms with van der Waals surface area (Å²) in [6, 6.07) is 14.2. The lowest BCUT2D eigenvalue weighted by molar-refractivity contribution is -0.0493. The largest absolute Gasteiger partial charge is 0.395 e. The molecule has 0 spiro atoms. The fourth-order valence-corrected chi connectivity index (χ4v) is 4.40. The maximum Gasteiger partial charge on any atom is 0.322 e. The van der Waals surface area contributed by atoms with Gasteiger partial charge < -0.3 is 10.4 Å². The normalized spacial score (nSPS) is 24.1. The van der Waals surface area contributed by atoms with Crippen molar-refractivity contribution in [1.29, 1.82) is 0 Å². The zero-order valence-electron chi connectivity index (χ0n) is 15.7. The molecule has 3 atom stereocenters. The first-order chi connectivity index (χ1) is 13.1. The molecule has 1 aromatic heterocycles. The van der Waals surface area contributed by atoms with Crippen LogP contribution >= 0.6 is 0 Å². The third-order valence-electron chi connectivity index (χ3n) is 5.55. The lowest BCUT2D eigenvalue weighted by Gasteiger charge is -2.59. The van der Waals surface area contributed by atoms with Crippen molar-refractivity contribution in [3.8, 4) is 0 Å². The van der Waals surface area contributed by atoms with Gasteiger partial charge in [0.2, 0.25) is 0 Å². The van der Waals surface area contributed by atoms with Gasteiger partial charge in [0.25, 0.3) is 0 Å². The number of rotatable bonds is 4. The number of hydrogen-bond acceptors (Lipinski definition) is 4. The highest BCUT2D eigenvalue weighted by atomic mass is 16.3. The second-order valence-electron chi connectivity index (χ2n) is 7.61. The number of para-hydroxylation sites is 1. The van der Waals surface area contributed by atoms with Gasteiger partial charge in [0.1, 0.15) is 0 Å². The first-order valence-corrected chi connectivity index (χ1v) is 9.53. The van der Waals surface area contributed by atoms with Crippen LogP contribution in [0.2, 0.25) is 0 Å². The van der Waals surface area contributed by atoms with E-state index < -0.39 is 0 Å². The van der Waals surface area contributed by atoms with Crippen LogP contribution in [0.3, 0.4) is 0 Å². The molecule has 6 nitrogen and oxygen atoms in total. The Hall–Kier alpha value is -2.44. The van der Waals surface area contributed by atoms with Crippen LogP contribution < -0.4 is 10.2 Å². The van der Waals surface area contributed by atoms with Crippen LogP contribution in [0.5, 0.6) is 0 Å². The minimum atomic E-state index is -0.0684. The van der Waals surface area contributed by atoms with E-state index in [4.69, 9.17) is 0 Å². The van der Waals surface area contributed by atoms with Crippen LogP contribution in [-0.2, 0) is 6.54 Å². The van der Waals surface area contributed by atoms with Crippen LogP contribution in [0, 0.1) is 0 Å². The molecule has 2 aromatic rings. The van der Waals surface area contributed by atoms with E-state index in [1.54, 1.807) is 6.20 Å². The van der Waals surface area contributed by atoms with Crippen molar-refractivity contribution in [2.45, 2.75) is 44.4 Å². The molecule has 3 heterocycles. The SMILES string of the molecule is CC(C)NC(=O)N1C[C@@H]2[C@H](c3ccccc31)[C@H](CO)N2Cc1ccccn1. The summed E-state index contributed by atoms with van der Waals surface area (Å²) >= 11 is 0. The number of anilines is 1. The van der Waals surface area contributed by atoms with E-state index in [1.165, 1.54) is 0 Å². The van der Waals surface area contributed by atoms with Crippen molar-refractivity contribution in [3.63, 3.8) is 0 Å². The van der Waals surface area contributed by atoms with Gasteiger partial charge in [-0.05, 0) is 37.6 Å². The Morgan fingerprint density at radius 1 is 1.26 bits per heavy atom. The summed E-state index contributed by atoms with van der Waals surface area (Å²) in [6.45, 7) is 5.32. The summed E-state index contributed by atoms with van der Waals surface area (Å²) in [5.74, 6) is 0.234. The van der Waals surface area contributed by atoms with Gasteiger partial charge >= 0.3 is 6.03 Å². The molecule has 142 valence electrons. The molecular weight excluding hydrogens is 340 g/mol. The van der Waals surface area contributed by atoms with Crippen molar-refractivity contribution < 1.29 is 9.90 Å². The Bertz CT molecular complexity index is 811. The summed E-state index contributed by atoms with van der Waals surface area (Å²) in [7, 11) is 0. The number of nitrogens with one attached hydrogen (secondary N) is 1. The van der Waals surface area contributed by atoms with Gasteiger partial charge in [0.15, 0.2) is 0 Å². The number of aliphatic hydroxyl groups is 1. The Labute approximate surface area is 159 Å². The molecule has 0 aliphatic carbocycles. The molecular formula is C21H26N4O2. The Morgan fingerprint density at radius 3 is 2.74 bits per heavy atom. The second-order valence-corrected chi connectivity index (χ2v) is 7.61. The van der Waals surface area contributed by atoms with Crippen molar-refractivity contribution in [2.75, 3.05) is 18.1 Å². The standard InChI is InChI=1S/C21H26N4O2/c1-14(2)23-21(27)25-12-18-20(16-8-3-4-9-17(16)25)19(13-26)24(18)11-15-7-5-6-10-22-15/h3-10,14,18-20,26H,11-13H2,1-2H3,(H,23,27)/t18-,19+,20+/m1/s1. The minimum Gasteiger partial charge on any atom is -0.395 e. The zero-order chi connectivity index (χ0) is 19.0. The van der Waals surface area contributed by atoms with E-state index in [0.717, 1.165) is 16.9 Å². The molecule has 1 saturated heterocycles. The highest BCUT2D eigenvalue weighted by Gasteiger charge is 2.53. The number of aliphatic hydroxyl groups excluding tert-OH is 1. The van der Waals surface area contributed by atoms with Crippen LogP contribution in [0.1, 0.15) is 31.0 Å². The molecule has 0 saturated carbocycles. The smallest absolute Gasteiger partial charge is 0.322 e. The van der Waals surface area contributed by atoms with E-state index in [2.05, 4.69) is 21.3 Å². The summed E-state index contributed by atoms with van der Waals surface area (Å²) in [5, 5.41) is 13.0. The maximum atomic E-state index is 12.8. The van der Waals surface area contributed by atoms with Gasteiger partial charge in [-0.3, -0.25) is 14.8 Å². The number of urea groups is 1. The quantitative estimate of drug-likeness (QED) is 0.872. The van der Waals surface area contributed by atoms with Gasteiger partial charge in [-0.25, -0.2) is 4.79 Å². The van der Waals surface area contributed by atoms with Crippen molar-refractivity contribution in [2.24, 2.45) is 0 Å². The minimum absolute atomic E-state index is 0.0495. The van der Waals surface area contributed by atoms with E-state index in [1.807, 2.05) is 55.1 Å². The first kappa shape index (κ1) is 17.9. The fourth-order valence-electron chi connectivity index (χ4n) is 4.40. The Morgan fingerprint density at radius 2 is 2.04 bits per heavy atom. The molecule has 0 bridgehead atoms. The van der Waals surface area contributed by atoms with Crippen LogP contribution in [0.25, 0.3) is 0 Å². The molecule has 1 aromatic carbocycles. The summed E-state index contributed by atoms with van der Waals surface area (Å²) in [5.41, 5.74) is 3.07. The number of nitrogens with zero attached hydrogens (tertiary/aromatic N) is 3. The molecule has 2 aliphatic heterocycles. The highest BCUT2D eigenvalue weighted by molar-refractivity contribution is 5.94. The lowest BCUT2D eigenvalue weighted by atomic mass is 9.72. The molecule has 2 amide bonds. The van der Waals surface area contributed by atoms with Crippen molar-refractivity contribution >= 4 is 11.7 Å². The molecule has 6 heteroatoms.